The number of nitrogens with one attached hydrogen (secondary N) is 1. The van der Waals surface area contributed by atoms with Crippen molar-refractivity contribution >= 4 is 21.8 Å². The van der Waals surface area contributed by atoms with Crippen LogP contribution < -0.4 is 5.32 Å². The van der Waals surface area contributed by atoms with Gasteiger partial charge in [0.25, 0.3) is 5.91 Å². The Kier molecular flexibility index (Phi) is 3.76. The number of aryl methyl sites for hydroxylation is 1. The molecule has 0 atom stereocenters. The molecule has 1 aromatic heterocycles. The molecule has 0 bridgehead atoms. The topological polar surface area (TPSA) is 55.1 Å². The molecular weight excluding hydrogens is 303 g/mol. The van der Waals surface area contributed by atoms with Gasteiger partial charge in [0.2, 0.25) is 0 Å². The number of nitrogens with zero attached hydrogens (tertiary/aromatic N) is 1. The first kappa shape index (κ1) is 12.8. The summed E-state index contributed by atoms with van der Waals surface area (Å²) in [4.78, 5) is 11.7. The number of amides is 1. The molecule has 4 nitrogen and oxygen atoms in total. The second-order valence-electron chi connectivity index (χ2n) is 3.74. The molecular formula is C12H10BrFN2O2. The third-order valence-corrected chi connectivity index (χ3v) is 2.78. The molecule has 0 spiro atoms. The Labute approximate surface area is 111 Å². The fourth-order valence-electron chi connectivity index (χ4n) is 1.44. The van der Waals surface area contributed by atoms with Crippen molar-refractivity contribution in [2.75, 3.05) is 0 Å². The third kappa shape index (κ3) is 2.95. The summed E-state index contributed by atoms with van der Waals surface area (Å²) >= 11 is 3.13. The molecule has 2 rings (SSSR count). The van der Waals surface area contributed by atoms with Crippen LogP contribution in [-0.4, -0.2) is 11.1 Å². The van der Waals surface area contributed by atoms with Crippen LogP contribution in [0.3, 0.4) is 0 Å². The normalized spacial score (nSPS) is 10.4. The Morgan fingerprint density at radius 3 is 2.89 bits per heavy atom. The molecule has 0 unspecified atom stereocenters. The lowest BCUT2D eigenvalue weighted by Gasteiger charge is -2.04. The van der Waals surface area contributed by atoms with E-state index in [0.717, 1.165) is 0 Å². The second-order valence-corrected chi connectivity index (χ2v) is 4.65. The molecule has 2 aromatic rings. The quantitative estimate of drug-likeness (QED) is 0.948. The molecule has 0 aliphatic rings. The molecule has 0 saturated carbocycles. The van der Waals surface area contributed by atoms with Crippen molar-refractivity contribution < 1.29 is 13.7 Å². The van der Waals surface area contributed by atoms with E-state index in [4.69, 9.17) is 4.52 Å². The van der Waals surface area contributed by atoms with Crippen LogP contribution in [0.2, 0.25) is 0 Å². The van der Waals surface area contributed by atoms with E-state index in [1.165, 1.54) is 12.1 Å². The minimum absolute atomic E-state index is 0.00147. The molecule has 1 N–H and O–H groups in total. The van der Waals surface area contributed by atoms with Gasteiger partial charge in [0.05, 0.1) is 12.1 Å². The van der Waals surface area contributed by atoms with Crippen LogP contribution in [0.15, 0.2) is 33.3 Å². The summed E-state index contributed by atoms with van der Waals surface area (Å²) in [7, 11) is 0. The van der Waals surface area contributed by atoms with Gasteiger partial charge in [0.15, 0.2) is 0 Å². The smallest absolute Gasteiger partial charge is 0.254 e. The van der Waals surface area contributed by atoms with Crippen LogP contribution in [0.4, 0.5) is 4.39 Å². The molecule has 0 aliphatic carbocycles. The summed E-state index contributed by atoms with van der Waals surface area (Å²) in [6.45, 7) is 1.96. The summed E-state index contributed by atoms with van der Waals surface area (Å²) in [6, 6.07) is 5.98. The molecule has 18 heavy (non-hydrogen) atoms. The number of rotatable bonds is 3. The second kappa shape index (κ2) is 5.30. The van der Waals surface area contributed by atoms with E-state index in [0.29, 0.717) is 15.9 Å². The zero-order chi connectivity index (χ0) is 13.1. The predicted octanol–water partition coefficient (Wildman–Crippen LogP) is 2.81. The molecule has 0 radical (unpaired) electrons. The average Bonchev–Trinajstić information content (AvgIpc) is 2.72. The summed E-state index contributed by atoms with van der Waals surface area (Å²) < 4.78 is 19.0. The SMILES string of the molecule is Cc1cc(CNC(=O)c2ccc(Br)cc2F)no1. The van der Waals surface area contributed by atoms with Crippen molar-refractivity contribution in [3.05, 3.63) is 51.6 Å². The summed E-state index contributed by atoms with van der Waals surface area (Å²) in [5.74, 6) is -0.395. The predicted molar refractivity (Wildman–Crippen MR) is 66.5 cm³/mol. The first-order valence-corrected chi connectivity index (χ1v) is 6.01. The molecule has 0 aliphatic heterocycles. The van der Waals surface area contributed by atoms with Crippen LogP contribution in [0.25, 0.3) is 0 Å². The number of halogens is 2. The van der Waals surface area contributed by atoms with E-state index in [1.807, 2.05) is 0 Å². The molecule has 6 heteroatoms. The highest BCUT2D eigenvalue weighted by Gasteiger charge is 2.12. The average molecular weight is 313 g/mol. The highest BCUT2D eigenvalue weighted by atomic mass is 79.9. The standard InChI is InChI=1S/C12H10BrFN2O2/c1-7-4-9(16-18-7)6-15-12(17)10-3-2-8(13)5-11(10)14/h2-5H,6H2,1H3,(H,15,17). The van der Waals surface area contributed by atoms with Crippen LogP contribution in [0.1, 0.15) is 21.8 Å². The van der Waals surface area contributed by atoms with Gasteiger partial charge >= 0.3 is 0 Å². The number of hydrogen-bond acceptors (Lipinski definition) is 3. The van der Waals surface area contributed by atoms with Gasteiger partial charge in [0.1, 0.15) is 17.3 Å². The lowest BCUT2D eigenvalue weighted by molar-refractivity contribution is 0.0946. The maximum atomic E-state index is 13.5. The Morgan fingerprint density at radius 1 is 1.50 bits per heavy atom. The summed E-state index contributed by atoms with van der Waals surface area (Å²) in [5, 5.41) is 6.30. The van der Waals surface area contributed by atoms with Gasteiger partial charge in [-0.3, -0.25) is 4.79 Å². The molecule has 1 aromatic carbocycles. The van der Waals surface area contributed by atoms with Gasteiger partial charge in [-0.15, -0.1) is 0 Å². The van der Waals surface area contributed by atoms with E-state index < -0.39 is 11.7 Å². The third-order valence-electron chi connectivity index (χ3n) is 2.28. The number of benzene rings is 1. The van der Waals surface area contributed by atoms with Crippen LogP contribution in [0.5, 0.6) is 0 Å². The number of aromatic nitrogens is 1. The van der Waals surface area contributed by atoms with Gasteiger partial charge < -0.3 is 9.84 Å². The van der Waals surface area contributed by atoms with Crippen LogP contribution in [-0.2, 0) is 6.54 Å². The van der Waals surface area contributed by atoms with E-state index in [9.17, 15) is 9.18 Å². The van der Waals surface area contributed by atoms with Crippen molar-refractivity contribution in [1.82, 2.24) is 10.5 Å². The zero-order valence-corrected chi connectivity index (χ0v) is 11.1. The molecule has 94 valence electrons. The first-order chi connectivity index (χ1) is 8.56. The van der Waals surface area contributed by atoms with E-state index in [2.05, 4.69) is 26.4 Å². The van der Waals surface area contributed by atoms with Crippen molar-refractivity contribution in [1.29, 1.82) is 0 Å². The fourth-order valence-corrected chi connectivity index (χ4v) is 1.77. The Morgan fingerprint density at radius 2 is 2.28 bits per heavy atom. The minimum atomic E-state index is -0.571. The van der Waals surface area contributed by atoms with E-state index in [1.54, 1.807) is 19.1 Å². The lowest BCUT2D eigenvalue weighted by atomic mass is 10.2. The van der Waals surface area contributed by atoms with Crippen molar-refractivity contribution in [3.8, 4) is 0 Å². The highest BCUT2D eigenvalue weighted by Crippen LogP contribution is 2.15. The Balaban J connectivity index is 2.03. The maximum Gasteiger partial charge on any atom is 0.254 e. The first-order valence-electron chi connectivity index (χ1n) is 5.21. The molecule has 0 fully saturated rings. The molecule has 0 saturated heterocycles. The van der Waals surface area contributed by atoms with Crippen LogP contribution in [0, 0.1) is 12.7 Å². The summed E-state index contributed by atoms with van der Waals surface area (Å²) in [5.41, 5.74) is 0.594. The minimum Gasteiger partial charge on any atom is -0.361 e. The van der Waals surface area contributed by atoms with Gasteiger partial charge in [-0.2, -0.15) is 0 Å². The van der Waals surface area contributed by atoms with Gasteiger partial charge in [-0.05, 0) is 25.1 Å². The Hall–Kier alpha value is -1.69. The Bertz CT molecular complexity index is 583. The molecule has 1 heterocycles. The van der Waals surface area contributed by atoms with Gasteiger partial charge in [-0.1, -0.05) is 21.1 Å². The maximum absolute atomic E-state index is 13.5. The van der Waals surface area contributed by atoms with Crippen molar-refractivity contribution in [2.24, 2.45) is 0 Å². The lowest BCUT2D eigenvalue weighted by Crippen LogP contribution is -2.23. The number of hydrogen-bond donors (Lipinski definition) is 1. The highest BCUT2D eigenvalue weighted by molar-refractivity contribution is 9.10. The zero-order valence-electron chi connectivity index (χ0n) is 9.54. The largest absolute Gasteiger partial charge is 0.361 e. The van der Waals surface area contributed by atoms with Gasteiger partial charge in [-0.25, -0.2) is 4.39 Å². The monoisotopic (exact) mass is 312 g/mol. The number of carbonyl (C=O) groups is 1. The van der Waals surface area contributed by atoms with Crippen LogP contribution >= 0.6 is 15.9 Å². The van der Waals surface area contributed by atoms with Crippen molar-refractivity contribution in [3.63, 3.8) is 0 Å². The molecule has 1 amide bonds. The van der Waals surface area contributed by atoms with Gasteiger partial charge in [0, 0.05) is 10.5 Å². The van der Waals surface area contributed by atoms with E-state index >= 15 is 0 Å². The fraction of sp³-hybridized carbons (Fsp3) is 0.167. The summed E-state index contributed by atoms with van der Waals surface area (Å²) in [6.07, 6.45) is 0. The number of carbonyl (C=O) groups excluding carboxylic acids is 1. The van der Waals surface area contributed by atoms with Crippen molar-refractivity contribution in [2.45, 2.75) is 13.5 Å². The van der Waals surface area contributed by atoms with E-state index in [-0.39, 0.29) is 12.1 Å².